The van der Waals surface area contributed by atoms with Crippen molar-refractivity contribution >= 4 is 0 Å². The molecule has 0 spiro atoms. The highest BCUT2D eigenvalue weighted by molar-refractivity contribution is 4.93. The van der Waals surface area contributed by atoms with E-state index in [4.69, 9.17) is 19.3 Å². The Kier molecular flexibility index (Phi) is 6.34. The van der Waals surface area contributed by atoms with Gasteiger partial charge in [-0.25, -0.2) is 0 Å². The molecule has 9 nitrogen and oxygen atoms in total. The Labute approximate surface area is 135 Å². The second-order valence-electron chi connectivity index (χ2n) is 6.21. The topological polar surface area (TPSA) is 149 Å². The zero-order chi connectivity index (χ0) is 17.3. The molecule has 0 bridgehead atoms. The maximum absolute atomic E-state index is 10.4. The normalized spacial score (nSPS) is 51.7. The van der Waals surface area contributed by atoms with Crippen molar-refractivity contribution in [1.29, 1.82) is 0 Å². The van der Waals surface area contributed by atoms with Gasteiger partial charge in [0.1, 0.15) is 36.6 Å². The largest absolute Gasteiger partial charge is 0.394 e. The first-order valence-electron chi connectivity index (χ1n) is 7.72. The molecule has 0 saturated carbocycles. The zero-order valence-electron chi connectivity index (χ0n) is 13.1. The van der Waals surface area contributed by atoms with Gasteiger partial charge in [-0.15, -0.1) is 0 Å². The van der Waals surface area contributed by atoms with Gasteiger partial charge in [-0.3, -0.25) is 0 Å². The van der Waals surface area contributed by atoms with Gasteiger partial charge in [0.05, 0.1) is 25.4 Å². The minimum Gasteiger partial charge on any atom is -0.394 e. The van der Waals surface area contributed by atoms with Crippen LogP contribution in [-0.4, -0.2) is 99.0 Å². The van der Waals surface area contributed by atoms with Gasteiger partial charge < -0.3 is 44.8 Å². The standard InChI is InChI=1S/C14H26O9.H2/c1-5-6(2)21-8(4-16)13(9(5)17)23-14-12(20)11(19)10(18)7(3-15)22-14;/h5-20H,3-4H2,1-2H3;1H. The van der Waals surface area contributed by atoms with Crippen LogP contribution in [0.4, 0.5) is 0 Å². The van der Waals surface area contributed by atoms with E-state index in [1.165, 1.54) is 0 Å². The summed E-state index contributed by atoms with van der Waals surface area (Å²) >= 11 is 0. The molecule has 2 heterocycles. The lowest BCUT2D eigenvalue weighted by atomic mass is 9.88. The molecule has 2 saturated heterocycles. The molecule has 2 fully saturated rings. The van der Waals surface area contributed by atoms with Crippen molar-refractivity contribution in [1.82, 2.24) is 0 Å². The molecule has 0 aromatic heterocycles. The molecule has 0 radical (unpaired) electrons. The van der Waals surface area contributed by atoms with E-state index in [2.05, 4.69) is 0 Å². The van der Waals surface area contributed by atoms with Gasteiger partial charge in [0.2, 0.25) is 0 Å². The maximum atomic E-state index is 10.4. The van der Waals surface area contributed by atoms with Crippen molar-refractivity contribution in [3.63, 3.8) is 0 Å². The Hall–Kier alpha value is -0.360. The Morgan fingerprint density at radius 2 is 1.43 bits per heavy atom. The van der Waals surface area contributed by atoms with Gasteiger partial charge in [-0.05, 0) is 6.92 Å². The zero-order valence-corrected chi connectivity index (χ0v) is 13.1. The third-order valence-corrected chi connectivity index (χ3v) is 4.69. The van der Waals surface area contributed by atoms with Crippen molar-refractivity contribution < 1.29 is 46.3 Å². The number of aliphatic hydroxyl groups is 6. The third-order valence-electron chi connectivity index (χ3n) is 4.69. The number of hydrogen-bond donors (Lipinski definition) is 6. The number of ether oxygens (including phenoxy) is 3. The summed E-state index contributed by atoms with van der Waals surface area (Å²) in [7, 11) is 0. The van der Waals surface area contributed by atoms with E-state index in [0.29, 0.717) is 0 Å². The molecule has 0 aromatic rings. The second-order valence-corrected chi connectivity index (χ2v) is 6.21. The predicted octanol–water partition coefficient (Wildman–Crippen LogP) is -2.81. The first-order chi connectivity index (χ1) is 10.8. The maximum Gasteiger partial charge on any atom is 0.187 e. The molecule has 2 rings (SSSR count). The Bertz CT molecular complexity index is 383. The molecular formula is C14H28O9. The Morgan fingerprint density at radius 1 is 0.826 bits per heavy atom. The van der Waals surface area contributed by atoms with Gasteiger partial charge in [0.25, 0.3) is 0 Å². The fourth-order valence-electron chi connectivity index (χ4n) is 2.92. The molecule has 0 aliphatic carbocycles. The van der Waals surface area contributed by atoms with Gasteiger partial charge in [0.15, 0.2) is 6.29 Å². The van der Waals surface area contributed by atoms with Crippen LogP contribution < -0.4 is 0 Å². The lowest BCUT2D eigenvalue weighted by molar-refractivity contribution is -0.337. The summed E-state index contributed by atoms with van der Waals surface area (Å²) in [6.45, 7) is 2.54. The van der Waals surface area contributed by atoms with E-state index in [0.717, 1.165) is 0 Å². The predicted molar refractivity (Wildman–Crippen MR) is 77.3 cm³/mol. The van der Waals surface area contributed by atoms with E-state index in [9.17, 15) is 25.5 Å². The summed E-state index contributed by atoms with van der Waals surface area (Å²) in [5.74, 6) is -0.285. The Morgan fingerprint density at radius 3 is 2.00 bits per heavy atom. The minimum absolute atomic E-state index is 0. The molecule has 2 aliphatic rings. The fourth-order valence-corrected chi connectivity index (χ4v) is 2.92. The van der Waals surface area contributed by atoms with Crippen molar-refractivity contribution in [2.75, 3.05) is 13.2 Å². The second kappa shape index (κ2) is 7.68. The molecule has 10 atom stereocenters. The Balaban J connectivity index is 0.00000288. The first kappa shape index (κ1) is 19.0. The summed E-state index contributed by atoms with van der Waals surface area (Å²) in [4.78, 5) is 0. The van der Waals surface area contributed by atoms with E-state index < -0.39 is 62.2 Å². The molecule has 0 aromatic carbocycles. The van der Waals surface area contributed by atoms with Gasteiger partial charge in [-0.2, -0.15) is 0 Å². The monoisotopic (exact) mass is 340 g/mol. The first-order valence-corrected chi connectivity index (χ1v) is 7.72. The van der Waals surface area contributed by atoms with Crippen LogP contribution in [0.5, 0.6) is 0 Å². The van der Waals surface area contributed by atoms with Crippen LogP contribution in [0.15, 0.2) is 0 Å². The van der Waals surface area contributed by atoms with E-state index in [1.807, 2.05) is 0 Å². The molecular weight excluding hydrogens is 312 g/mol. The molecule has 10 unspecified atom stereocenters. The minimum atomic E-state index is -1.58. The molecule has 9 heteroatoms. The number of aliphatic hydroxyl groups excluding tert-OH is 6. The van der Waals surface area contributed by atoms with Crippen LogP contribution in [0.25, 0.3) is 0 Å². The fraction of sp³-hybridized carbons (Fsp3) is 1.00. The van der Waals surface area contributed by atoms with E-state index in [-0.39, 0.29) is 13.4 Å². The van der Waals surface area contributed by atoms with Crippen molar-refractivity contribution in [3.05, 3.63) is 0 Å². The lowest BCUT2D eigenvalue weighted by Crippen LogP contribution is -2.63. The SMILES string of the molecule is CC1OC(CO)C(OC2OC(CO)C(O)C(O)C2O)C(O)C1C.[HH]. The van der Waals surface area contributed by atoms with Crippen LogP contribution in [-0.2, 0) is 14.2 Å². The molecule has 6 N–H and O–H groups in total. The summed E-state index contributed by atoms with van der Waals surface area (Å²) in [6.07, 6.45) is -10.2. The third kappa shape index (κ3) is 3.68. The van der Waals surface area contributed by atoms with E-state index >= 15 is 0 Å². The smallest absolute Gasteiger partial charge is 0.187 e. The highest BCUT2D eigenvalue weighted by Gasteiger charge is 2.48. The number of hydrogen-bond acceptors (Lipinski definition) is 9. The van der Waals surface area contributed by atoms with Crippen LogP contribution >= 0.6 is 0 Å². The molecule has 23 heavy (non-hydrogen) atoms. The summed E-state index contributed by atoms with van der Waals surface area (Å²) in [5, 5.41) is 58.4. The average molecular weight is 340 g/mol. The van der Waals surface area contributed by atoms with Crippen molar-refractivity contribution in [2.24, 2.45) is 5.92 Å². The van der Waals surface area contributed by atoms with Crippen LogP contribution in [0, 0.1) is 5.92 Å². The summed E-state index contributed by atoms with van der Waals surface area (Å²) < 4.78 is 16.4. The molecule has 138 valence electrons. The van der Waals surface area contributed by atoms with Gasteiger partial charge in [0, 0.05) is 7.34 Å². The highest BCUT2D eigenvalue weighted by Crippen LogP contribution is 2.31. The molecule has 2 aliphatic heterocycles. The average Bonchev–Trinajstić information content (AvgIpc) is 2.55. The van der Waals surface area contributed by atoms with Gasteiger partial charge >= 0.3 is 0 Å². The van der Waals surface area contributed by atoms with Crippen LogP contribution in [0.1, 0.15) is 15.3 Å². The highest BCUT2D eigenvalue weighted by atomic mass is 16.7. The summed E-state index contributed by atoms with van der Waals surface area (Å²) in [6, 6.07) is 0. The molecule has 0 amide bonds. The lowest BCUT2D eigenvalue weighted by Gasteiger charge is -2.46. The van der Waals surface area contributed by atoms with Crippen molar-refractivity contribution in [2.45, 2.75) is 69.0 Å². The van der Waals surface area contributed by atoms with Crippen molar-refractivity contribution in [3.8, 4) is 0 Å². The van der Waals surface area contributed by atoms with Crippen LogP contribution in [0.2, 0.25) is 0 Å². The van der Waals surface area contributed by atoms with E-state index in [1.54, 1.807) is 13.8 Å². The number of rotatable bonds is 4. The van der Waals surface area contributed by atoms with Gasteiger partial charge in [-0.1, -0.05) is 6.92 Å². The summed E-state index contributed by atoms with van der Waals surface area (Å²) in [5.41, 5.74) is 0. The quantitative estimate of drug-likeness (QED) is 0.319. The van der Waals surface area contributed by atoms with Crippen LogP contribution in [0.3, 0.4) is 0 Å².